The van der Waals surface area contributed by atoms with Gasteiger partial charge in [0.25, 0.3) is 0 Å². The molecule has 0 atom stereocenters. The predicted octanol–water partition coefficient (Wildman–Crippen LogP) is 3.59. The second-order valence-electron chi connectivity index (χ2n) is 5.80. The van der Waals surface area contributed by atoms with E-state index in [1.54, 1.807) is 0 Å². The molecule has 0 spiro atoms. The van der Waals surface area contributed by atoms with E-state index < -0.39 is 0 Å². The van der Waals surface area contributed by atoms with E-state index in [0.717, 1.165) is 23.5 Å². The van der Waals surface area contributed by atoms with Crippen LogP contribution in [0.15, 0.2) is 30.3 Å². The summed E-state index contributed by atoms with van der Waals surface area (Å²) in [7, 11) is 0. The molecule has 0 amide bonds. The van der Waals surface area contributed by atoms with Crippen LogP contribution in [-0.2, 0) is 11.8 Å². The summed E-state index contributed by atoms with van der Waals surface area (Å²) >= 11 is 0. The van der Waals surface area contributed by atoms with Crippen LogP contribution in [0.25, 0.3) is 11.3 Å². The van der Waals surface area contributed by atoms with Gasteiger partial charge in [0.15, 0.2) is 0 Å². The number of hydrogen-bond acceptors (Lipinski definition) is 3. The van der Waals surface area contributed by atoms with Crippen LogP contribution in [0.1, 0.15) is 39.1 Å². The van der Waals surface area contributed by atoms with Crippen LogP contribution >= 0.6 is 0 Å². The number of anilines is 1. The predicted molar refractivity (Wildman–Crippen MR) is 80.0 cm³/mol. The van der Waals surface area contributed by atoms with Crippen molar-refractivity contribution in [2.75, 3.05) is 5.73 Å². The monoisotopic (exact) mass is 255 g/mol. The maximum absolute atomic E-state index is 5.90. The molecule has 2 aromatic rings. The molecule has 0 aliphatic carbocycles. The van der Waals surface area contributed by atoms with E-state index in [9.17, 15) is 0 Å². The number of hydrogen-bond donors (Lipinski definition) is 1. The highest BCUT2D eigenvalue weighted by Gasteiger charge is 2.18. The van der Waals surface area contributed by atoms with Crippen LogP contribution in [0.4, 0.5) is 5.82 Å². The van der Waals surface area contributed by atoms with Crippen LogP contribution in [-0.4, -0.2) is 9.97 Å². The normalized spacial score (nSPS) is 11.6. The van der Waals surface area contributed by atoms with Crippen molar-refractivity contribution < 1.29 is 0 Å². The Hall–Kier alpha value is -1.90. The van der Waals surface area contributed by atoms with Gasteiger partial charge in [-0.1, -0.05) is 52.0 Å². The third kappa shape index (κ3) is 3.11. The van der Waals surface area contributed by atoms with Crippen LogP contribution in [0.5, 0.6) is 0 Å². The number of rotatable bonds is 2. The molecule has 2 rings (SSSR count). The molecule has 0 aliphatic heterocycles. The first kappa shape index (κ1) is 13.5. The molecule has 1 aromatic heterocycles. The van der Waals surface area contributed by atoms with Gasteiger partial charge in [0.05, 0.1) is 5.69 Å². The fourth-order valence-electron chi connectivity index (χ4n) is 1.86. The smallest absolute Gasteiger partial charge is 0.136 e. The van der Waals surface area contributed by atoms with E-state index in [0.29, 0.717) is 5.82 Å². The summed E-state index contributed by atoms with van der Waals surface area (Å²) in [4.78, 5) is 8.97. The van der Waals surface area contributed by atoms with E-state index in [2.05, 4.69) is 61.9 Å². The molecule has 0 saturated carbocycles. The van der Waals surface area contributed by atoms with E-state index in [4.69, 9.17) is 5.73 Å². The van der Waals surface area contributed by atoms with E-state index in [-0.39, 0.29) is 5.41 Å². The molecule has 0 fully saturated rings. The number of aryl methyl sites for hydroxylation is 1. The number of benzene rings is 1. The highest BCUT2D eigenvalue weighted by atomic mass is 15.0. The molecule has 2 N–H and O–H groups in total. The van der Waals surface area contributed by atoms with Gasteiger partial charge in [0.1, 0.15) is 11.6 Å². The van der Waals surface area contributed by atoms with E-state index >= 15 is 0 Å². The maximum atomic E-state index is 5.90. The summed E-state index contributed by atoms with van der Waals surface area (Å²) < 4.78 is 0. The van der Waals surface area contributed by atoms with Gasteiger partial charge in [0, 0.05) is 17.0 Å². The van der Waals surface area contributed by atoms with Crippen LogP contribution in [0, 0.1) is 0 Å². The molecule has 100 valence electrons. The lowest BCUT2D eigenvalue weighted by Crippen LogP contribution is -2.17. The fraction of sp³-hybridized carbons (Fsp3) is 0.375. The quantitative estimate of drug-likeness (QED) is 0.892. The lowest BCUT2D eigenvalue weighted by molar-refractivity contribution is 0.547. The van der Waals surface area contributed by atoms with Crippen molar-refractivity contribution >= 4 is 5.82 Å². The fourth-order valence-corrected chi connectivity index (χ4v) is 1.86. The molecule has 0 aliphatic rings. The number of nitrogens with two attached hydrogens (primary N) is 1. The molecule has 0 saturated heterocycles. The van der Waals surface area contributed by atoms with Crippen molar-refractivity contribution in [3.63, 3.8) is 0 Å². The first-order valence-electron chi connectivity index (χ1n) is 6.64. The number of nitrogen functional groups attached to an aromatic ring is 1. The zero-order chi connectivity index (χ0) is 14.0. The topological polar surface area (TPSA) is 51.8 Å². The summed E-state index contributed by atoms with van der Waals surface area (Å²) in [5.74, 6) is 1.30. The van der Waals surface area contributed by atoms with Gasteiger partial charge < -0.3 is 5.73 Å². The Balaban J connectivity index is 2.46. The second kappa shape index (κ2) is 5.00. The Kier molecular flexibility index (Phi) is 3.56. The molecule has 3 nitrogen and oxygen atoms in total. The van der Waals surface area contributed by atoms with E-state index in [1.807, 2.05) is 6.07 Å². The lowest BCUT2D eigenvalue weighted by Gasteiger charge is -2.17. The van der Waals surface area contributed by atoms with Gasteiger partial charge in [-0.25, -0.2) is 9.97 Å². The average molecular weight is 255 g/mol. The Morgan fingerprint density at radius 3 is 2.21 bits per heavy atom. The SMILES string of the molecule is CCc1ccc(-c2cc(N)nc(C(C)(C)C)n2)cc1. The van der Waals surface area contributed by atoms with Crippen molar-refractivity contribution in [1.29, 1.82) is 0 Å². The molecule has 1 heterocycles. The molecular formula is C16H21N3. The van der Waals surface area contributed by atoms with Crippen LogP contribution in [0.3, 0.4) is 0 Å². The summed E-state index contributed by atoms with van der Waals surface area (Å²) in [5, 5.41) is 0. The summed E-state index contributed by atoms with van der Waals surface area (Å²) in [5.41, 5.74) is 9.09. The first-order chi connectivity index (χ1) is 8.90. The maximum Gasteiger partial charge on any atom is 0.136 e. The average Bonchev–Trinajstić information content (AvgIpc) is 2.37. The Morgan fingerprint density at radius 1 is 1.05 bits per heavy atom. The second-order valence-corrected chi connectivity index (χ2v) is 5.80. The van der Waals surface area contributed by atoms with Gasteiger partial charge in [0.2, 0.25) is 0 Å². The zero-order valence-electron chi connectivity index (χ0n) is 12.1. The standard InChI is InChI=1S/C16H21N3/c1-5-11-6-8-12(9-7-11)13-10-14(17)19-15(18-13)16(2,3)4/h6-10H,5H2,1-4H3,(H2,17,18,19). The summed E-state index contributed by atoms with van der Waals surface area (Å²) in [6, 6.07) is 10.3. The molecule has 19 heavy (non-hydrogen) atoms. The van der Waals surface area contributed by atoms with Crippen LogP contribution < -0.4 is 5.73 Å². The molecule has 0 bridgehead atoms. The van der Waals surface area contributed by atoms with Crippen molar-refractivity contribution in [1.82, 2.24) is 9.97 Å². The Bertz CT molecular complexity index is 566. The van der Waals surface area contributed by atoms with Gasteiger partial charge >= 0.3 is 0 Å². The highest BCUT2D eigenvalue weighted by molar-refractivity contribution is 5.62. The van der Waals surface area contributed by atoms with E-state index in [1.165, 1.54) is 5.56 Å². The third-order valence-corrected chi connectivity index (χ3v) is 3.07. The molecule has 0 radical (unpaired) electrons. The summed E-state index contributed by atoms with van der Waals surface area (Å²) in [6.45, 7) is 8.42. The lowest BCUT2D eigenvalue weighted by atomic mass is 9.95. The van der Waals surface area contributed by atoms with Gasteiger partial charge in [-0.2, -0.15) is 0 Å². The van der Waals surface area contributed by atoms with Crippen molar-refractivity contribution in [2.24, 2.45) is 0 Å². The Morgan fingerprint density at radius 2 is 1.68 bits per heavy atom. The largest absolute Gasteiger partial charge is 0.384 e. The number of nitrogens with zero attached hydrogens (tertiary/aromatic N) is 2. The highest BCUT2D eigenvalue weighted by Crippen LogP contribution is 2.24. The Labute approximate surface area is 114 Å². The minimum absolute atomic E-state index is 0.104. The minimum atomic E-state index is -0.104. The number of aromatic nitrogens is 2. The third-order valence-electron chi connectivity index (χ3n) is 3.07. The van der Waals surface area contributed by atoms with Crippen LogP contribution in [0.2, 0.25) is 0 Å². The molecule has 3 heteroatoms. The summed E-state index contributed by atoms with van der Waals surface area (Å²) in [6.07, 6.45) is 1.04. The molecule has 1 aromatic carbocycles. The van der Waals surface area contributed by atoms with Gasteiger partial charge in [-0.15, -0.1) is 0 Å². The minimum Gasteiger partial charge on any atom is -0.384 e. The van der Waals surface area contributed by atoms with Crippen molar-refractivity contribution in [3.8, 4) is 11.3 Å². The van der Waals surface area contributed by atoms with Gasteiger partial charge in [-0.3, -0.25) is 0 Å². The van der Waals surface area contributed by atoms with Crippen molar-refractivity contribution in [2.45, 2.75) is 39.5 Å². The molecule has 0 unspecified atom stereocenters. The van der Waals surface area contributed by atoms with Crippen molar-refractivity contribution in [3.05, 3.63) is 41.7 Å². The molecular weight excluding hydrogens is 234 g/mol. The first-order valence-corrected chi connectivity index (χ1v) is 6.64. The zero-order valence-corrected chi connectivity index (χ0v) is 12.1. The van der Waals surface area contributed by atoms with Gasteiger partial charge in [-0.05, 0) is 12.0 Å².